The molecule has 124 valence electrons. The molecule has 0 aliphatic rings. The lowest BCUT2D eigenvalue weighted by molar-refractivity contribution is -0.137. The van der Waals surface area contributed by atoms with Crippen LogP contribution in [0.1, 0.15) is 22.6 Å². The van der Waals surface area contributed by atoms with Crippen LogP contribution < -0.4 is 10.2 Å². The lowest BCUT2D eigenvalue weighted by atomic mass is 10.2. The molecule has 2 rings (SSSR count). The highest BCUT2D eigenvalue weighted by Gasteiger charge is 2.30. The molecule has 0 unspecified atom stereocenters. The van der Waals surface area contributed by atoms with E-state index >= 15 is 0 Å². The van der Waals surface area contributed by atoms with E-state index in [1.807, 2.05) is 6.92 Å². The molecule has 0 aliphatic carbocycles. The highest BCUT2D eigenvalue weighted by molar-refractivity contribution is 7.09. The normalized spacial score (nSPS) is 11.5. The Hall–Kier alpha value is -2.16. The number of aryl methyl sites for hydroxylation is 1. The summed E-state index contributed by atoms with van der Waals surface area (Å²) in [6.45, 7) is 3.75. The Balaban J connectivity index is 2.02. The van der Waals surface area contributed by atoms with E-state index in [1.54, 1.807) is 6.92 Å². The molecule has 0 aromatic carbocycles. The molecule has 1 amide bonds. The van der Waals surface area contributed by atoms with Gasteiger partial charge in [-0.15, -0.1) is 0 Å². The molecular weight excluding hydrogens is 331 g/mol. The monoisotopic (exact) mass is 345 g/mol. The Morgan fingerprint density at radius 2 is 2.09 bits per heavy atom. The van der Waals surface area contributed by atoms with Gasteiger partial charge in [0.05, 0.1) is 5.56 Å². The smallest absolute Gasteiger partial charge is 0.311 e. The fourth-order valence-electron chi connectivity index (χ4n) is 1.94. The van der Waals surface area contributed by atoms with Crippen molar-refractivity contribution < 1.29 is 18.0 Å². The maximum atomic E-state index is 12.6. The van der Waals surface area contributed by atoms with Gasteiger partial charge in [-0.2, -0.15) is 13.2 Å². The van der Waals surface area contributed by atoms with E-state index in [9.17, 15) is 22.8 Å². The van der Waals surface area contributed by atoms with Crippen molar-refractivity contribution in [3.63, 3.8) is 0 Å². The minimum atomic E-state index is -4.50. The summed E-state index contributed by atoms with van der Waals surface area (Å²) in [7, 11) is 0. The summed E-state index contributed by atoms with van der Waals surface area (Å²) in [4.78, 5) is 27.9. The molecule has 0 spiro atoms. The first-order valence-electron chi connectivity index (χ1n) is 6.68. The average Bonchev–Trinajstić information content (AvgIpc) is 2.69. The Labute approximate surface area is 133 Å². The molecule has 1 N–H and O–H groups in total. The number of hydrogen-bond acceptors (Lipinski definition) is 4. The van der Waals surface area contributed by atoms with Gasteiger partial charge in [-0.1, -0.05) is 11.3 Å². The van der Waals surface area contributed by atoms with Crippen LogP contribution in [0.5, 0.6) is 0 Å². The highest BCUT2D eigenvalue weighted by Crippen LogP contribution is 2.29. The van der Waals surface area contributed by atoms with Gasteiger partial charge in [0, 0.05) is 29.7 Å². The Bertz CT molecular complexity index is 780. The molecule has 0 saturated heterocycles. The third-order valence-electron chi connectivity index (χ3n) is 3.29. The quantitative estimate of drug-likeness (QED) is 0.927. The van der Waals surface area contributed by atoms with Gasteiger partial charge in [-0.05, 0) is 26.0 Å². The minimum Gasteiger partial charge on any atom is -0.311 e. The van der Waals surface area contributed by atoms with E-state index in [4.69, 9.17) is 0 Å². The molecule has 0 saturated carbocycles. The fourth-order valence-corrected chi connectivity index (χ4v) is 2.80. The SMILES string of the molecule is Cc1sc(=O)n(CCC(=O)Nc2cc(C(F)(F)F)ccn2)c1C. The maximum Gasteiger partial charge on any atom is 0.416 e. The molecule has 5 nitrogen and oxygen atoms in total. The van der Waals surface area contributed by atoms with E-state index in [1.165, 1.54) is 4.57 Å². The van der Waals surface area contributed by atoms with Gasteiger partial charge in [0.1, 0.15) is 5.82 Å². The number of nitrogens with one attached hydrogen (secondary N) is 1. The summed E-state index contributed by atoms with van der Waals surface area (Å²) in [6.07, 6.45) is -3.55. The Morgan fingerprint density at radius 3 is 2.65 bits per heavy atom. The van der Waals surface area contributed by atoms with Crippen molar-refractivity contribution in [1.82, 2.24) is 9.55 Å². The number of aromatic nitrogens is 2. The standard InChI is InChI=1S/C14H14F3N3O2S/c1-8-9(2)23-13(22)20(8)6-4-12(21)19-11-7-10(3-5-18-11)14(15,16)17/h3,5,7H,4,6H2,1-2H3,(H,18,19,21). The second-order valence-electron chi connectivity index (χ2n) is 4.89. The van der Waals surface area contributed by atoms with Crippen LogP contribution in [0.2, 0.25) is 0 Å². The number of hydrogen-bond donors (Lipinski definition) is 1. The first-order chi connectivity index (χ1) is 10.7. The van der Waals surface area contributed by atoms with Crippen molar-refractivity contribution in [3.05, 3.63) is 44.1 Å². The van der Waals surface area contributed by atoms with Gasteiger partial charge in [-0.3, -0.25) is 9.59 Å². The molecule has 0 aliphatic heterocycles. The third-order valence-corrected chi connectivity index (χ3v) is 4.29. The predicted octanol–water partition coefficient (Wildman–Crippen LogP) is 2.97. The van der Waals surface area contributed by atoms with Gasteiger partial charge in [0.15, 0.2) is 0 Å². The van der Waals surface area contributed by atoms with Crippen LogP contribution in [0.15, 0.2) is 23.1 Å². The van der Waals surface area contributed by atoms with Crippen LogP contribution in [-0.2, 0) is 17.5 Å². The number of halogens is 3. The topological polar surface area (TPSA) is 64.0 Å². The number of alkyl halides is 3. The number of pyridine rings is 1. The van der Waals surface area contributed by atoms with Crippen molar-refractivity contribution in [3.8, 4) is 0 Å². The lowest BCUT2D eigenvalue weighted by Gasteiger charge is -2.09. The van der Waals surface area contributed by atoms with E-state index < -0.39 is 17.6 Å². The van der Waals surface area contributed by atoms with Crippen LogP contribution in [-0.4, -0.2) is 15.5 Å². The Morgan fingerprint density at radius 1 is 1.39 bits per heavy atom. The Kier molecular flexibility index (Phi) is 4.88. The van der Waals surface area contributed by atoms with Crippen LogP contribution in [0.3, 0.4) is 0 Å². The van der Waals surface area contributed by atoms with Gasteiger partial charge >= 0.3 is 11.0 Å². The molecule has 0 atom stereocenters. The van der Waals surface area contributed by atoms with Crippen LogP contribution >= 0.6 is 11.3 Å². The zero-order chi connectivity index (χ0) is 17.2. The zero-order valence-electron chi connectivity index (χ0n) is 12.4. The van der Waals surface area contributed by atoms with E-state index in [2.05, 4.69) is 10.3 Å². The van der Waals surface area contributed by atoms with E-state index in [0.29, 0.717) is 0 Å². The minimum absolute atomic E-state index is 0.0329. The molecule has 9 heteroatoms. The summed E-state index contributed by atoms with van der Waals surface area (Å²) in [5.74, 6) is -0.678. The number of amides is 1. The van der Waals surface area contributed by atoms with Gasteiger partial charge < -0.3 is 9.88 Å². The van der Waals surface area contributed by atoms with Crippen LogP contribution in [0, 0.1) is 13.8 Å². The molecule has 0 bridgehead atoms. The number of carbonyl (C=O) groups excluding carboxylic acids is 1. The summed E-state index contributed by atoms with van der Waals surface area (Å²) in [6, 6.07) is 1.59. The van der Waals surface area contributed by atoms with Gasteiger partial charge in [0.2, 0.25) is 5.91 Å². The number of nitrogens with zero attached hydrogens (tertiary/aromatic N) is 2. The molecule has 2 aromatic heterocycles. The molecule has 2 aromatic rings. The number of anilines is 1. The lowest BCUT2D eigenvalue weighted by Crippen LogP contribution is -2.20. The average molecular weight is 345 g/mol. The van der Waals surface area contributed by atoms with Crippen LogP contribution in [0.25, 0.3) is 0 Å². The van der Waals surface area contributed by atoms with Gasteiger partial charge in [-0.25, -0.2) is 4.98 Å². The molecular formula is C14H14F3N3O2S. The number of rotatable bonds is 4. The van der Waals surface area contributed by atoms with Crippen molar-refractivity contribution in [2.75, 3.05) is 5.32 Å². The van der Waals surface area contributed by atoms with Crippen LogP contribution in [0.4, 0.5) is 19.0 Å². The van der Waals surface area contributed by atoms with Crippen molar-refractivity contribution in [2.45, 2.75) is 33.0 Å². The third kappa shape index (κ3) is 4.19. The zero-order valence-corrected chi connectivity index (χ0v) is 13.2. The number of thiazole rings is 1. The largest absolute Gasteiger partial charge is 0.416 e. The molecule has 0 fully saturated rings. The van der Waals surface area contributed by atoms with Crippen molar-refractivity contribution >= 4 is 23.1 Å². The summed E-state index contributed by atoms with van der Waals surface area (Å²) < 4.78 is 39.2. The summed E-state index contributed by atoms with van der Waals surface area (Å²) in [5.41, 5.74) is -0.103. The van der Waals surface area contributed by atoms with Crippen molar-refractivity contribution in [1.29, 1.82) is 0 Å². The highest BCUT2D eigenvalue weighted by atomic mass is 32.1. The van der Waals surface area contributed by atoms with Gasteiger partial charge in [0.25, 0.3) is 0 Å². The fraction of sp³-hybridized carbons (Fsp3) is 0.357. The molecule has 0 radical (unpaired) electrons. The maximum absolute atomic E-state index is 12.6. The molecule has 2 heterocycles. The first-order valence-corrected chi connectivity index (χ1v) is 7.50. The van der Waals surface area contributed by atoms with Crippen molar-refractivity contribution in [2.24, 2.45) is 0 Å². The summed E-state index contributed by atoms with van der Waals surface area (Å²) >= 11 is 1.09. The van der Waals surface area contributed by atoms with E-state index in [0.717, 1.165) is 40.2 Å². The summed E-state index contributed by atoms with van der Waals surface area (Å²) in [5, 5.41) is 2.31. The molecule has 23 heavy (non-hydrogen) atoms. The second-order valence-corrected chi connectivity index (χ2v) is 6.05. The number of carbonyl (C=O) groups is 1. The predicted molar refractivity (Wildman–Crippen MR) is 80.5 cm³/mol. The van der Waals surface area contributed by atoms with E-state index in [-0.39, 0.29) is 23.7 Å². The second kappa shape index (κ2) is 6.53. The first kappa shape index (κ1) is 17.2.